The number of benzene rings is 1. The molecule has 2 N–H and O–H groups in total. The highest BCUT2D eigenvalue weighted by Gasteiger charge is 2.34. The number of amides is 3. The van der Waals surface area contributed by atoms with Crippen molar-refractivity contribution in [3.63, 3.8) is 0 Å². The summed E-state index contributed by atoms with van der Waals surface area (Å²) >= 11 is 1.30. The largest absolute Gasteiger partial charge is 0.494 e. The van der Waals surface area contributed by atoms with Gasteiger partial charge in [-0.2, -0.15) is 0 Å². The van der Waals surface area contributed by atoms with E-state index in [2.05, 4.69) is 17.2 Å². The Labute approximate surface area is 198 Å². The number of hydrogen-bond acceptors (Lipinski definition) is 5. The standard InChI is InChI=1S/C25H31N3O4S/c1-3-15-28(22(29)17-26-24(30)21-14-9-16-33-21)23(25(31)27-18-10-5-6-11-18)19-12-7-8-13-20(19)32-4-2/h3,7-9,12-14,16,18,23H,1,4-6,10-11,15,17H2,2H3,(H,26,30)(H,27,31)/t23-/m1/s1. The van der Waals surface area contributed by atoms with E-state index < -0.39 is 6.04 Å². The van der Waals surface area contributed by atoms with Crippen molar-refractivity contribution in [2.24, 2.45) is 0 Å². The van der Waals surface area contributed by atoms with Gasteiger partial charge in [0, 0.05) is 18.2 Å². The summed E-state index contributed by atoms with van der Waals surface area (Å²) in [6.07, 6.45) is 5.60. The van der Waals surface area contributed by atoms with Crippen LogP contribution in [0.3, 0.4) is 0 Å². The number of nitrogens with zero attached hydrogens (tertiary/aromatic N) is 1. The summed E-state index contributed by atoms with van der Waals surface area (Å²) < 4.78 is 5.78. The first-order chi connectivity index (χ1) is 16.0. The Bertz CT molecular complexity index is 954. The van der Waals surface area contributed by atoms with E-state index in [0.717, 1.165) is 25.7 Å². The smallest absolute Gasteiger partial charge is 0.261 e. The lowest BCUT2D eigenvalue weighted by Gasteiger charge is -2.32. The summed E-state index contributed by atoms with van der Waals surface area (Å²) in [7, 11) is 0. The van der Waals surface area contributed by atoms with E-state index in [0.29, 0.717) is 22.8 Å². The summed E-state index contributed by atoms with van der Waals surface area (Å²) in [6.45, 7) is 6.00. The maximum atomic E-state index is 13.5. The molecule has 2 aromatic rings. The minimum absolute atomic E-state index is 0.0958. The van der Waals surface area contributed by atoms with Crippen molar-refractivity contribution in [2.75, 3.05) is 19.7 Å². The van der Waals surface area contributed by atoms with Crippen molar-refractivity contribution >= 4 is 29.1 Å². The summed E-state index contributed by atoms with van der Waals surface area (Å²) in [5.41, 5.74) is 0.606. The van der Waals surface area contributed by atoms with Gasteiger partial charge in [-0.1, -0.05) is 43.2 Å². The van der Waals surface area contributed by atoms with Crippen LogP contribution >= 0.6 is 11.3 Å². The molecule has 33 heavy (non-hydrogen) atoms. The van der Waals surface area contributed by atoms with Crippen LogP contribution in [0.2, 0.25) is 0 Å². The Morgan fingerprint density at radius 3 is 2.64 bits per heavy atom. The van der Waals surface area contributed by atoms with Crippen LogP contribution in [0, 0.1) is 0 Å². The zero-order valence-corrected chi connectivity index (χ0v) is 19.7. The number of ether oxygens (including phenoxy) is 1. The quantitative estimate of drug-likeness (QED) is 0.492. The lowest BCUT2D eigenvalue weighted by Crippen LogP contribution is -2.49. The van der Waals surface area contributed by atoms with E-state index >= 15 is 0 Å². The van der Waals surface area contributed by atoms with Crippen LogP contribution in [0.15, 0.2) is 54.4 Å². The first kappa shape index (κ1) is 24.5. The topological polar surface area (TPSA) is 87.7 Å². The summed E-state index contributed by atoms with van der Waals surface area (Å²) in [4.78, 5) is 41.1. The van der Waals surface area contributed by atoms with E-state index in [9.17, 15) is 14.4 Å². The lowest BCUT2D eigenvalue weighted by atomic mass is 10.0. The SMILES string of the molecule is C=CCN(C(=O)CNC(=O)c1cccs1)[C@@H](C(=O)NC1CCCC1)c1ccccc1OCC. The molecular formula is C25H31N3O4S. The van der Waals surface area contributed by atoms with Crippen LogP contribution in [-0.4, -0.2) is 48.4 Å². The molecular weight excluding hydrogens is 438 g/mol. The van der Waals surface area contributed by atoms with Crippen LogP contribution in [-0.2, 0) is 9.59 Å². The molecule has 1 atom stereocenters. The van der Waals surface area contributed by atoms with E-state index in [1.165, 1.54) is 16.2 Å². The lowest BCUT2D eigenvalue weighted by molar-refractivity contribution is -0.139. The number of para-hydroxylation sites is 1. The highest BCUT2D eigenvalue weighted by atomic mass is 32.1. The van der Waals surface area contributed by atoms with Gasteiger partial charge in [-0.15, -0.1) is 17.9 Å². The minimum atomic E-state index is -0.905. The fourth-order valence-electron chi connectivity index (χ4n) is 4.04. The Balaban J connectivity index is 1.87. The van der Waals surface area contributed by atoms with Gasteiger partial charge in [0.25, 0.3) is 5.91 Å². The predicted octanol–water partition coefficient (Wildman–Crippen LogP) is 3.69. The van der Waals surface area contributed by atoms with Crippen molar-refractivity contribution in [1.82, 2.24) is 15.5 Å². The van der Waals surface area contributed by atoms with Gasteiger partial charge in [-0.3, -0.25) is 14.4 Å². The van der Waals surface area contributed by atoms with Crippen LogP contribution in [0.1, 0.15) is 53.9 Å². The van der Waals surface area contributed by atoms with Crippen molar-refractivity contribution < 1.29 is 19.1 Å². The number of hydrogen-bond donors (Lipinski definition) is 2. The maximum absolute atomic E-state index is 13.5. The van der Waals surface area contributed by atoms with Crippen molar-refractivity contribution in [2.45, 2.75) is 44.7 Å². The molecule has 0 spiro atoms. The van der Waals surface area contributed by atoms with Crippen LogP contribution in [0.5, 0.6) is 5.75 Å². The molecule has 1 aliphatic carbocycles. The van der Waals surface area contributed by atoms with Gasteiger partial charge in [0.15, 0.2) is 0 Å². The zero-order valence-electron chi connectivity index (χ0n) is 18.9. The summed E-state index contributed by atoms with van der Waals surface area (Å²) in [6, 6.07) is 9.92. The van der Waals surface area contributed by atoms with Crippen LogP contribution in [0.4, 0.5) is 0 Å². The molecule has 1 heterocycles. The molecule has 1 aliphatic rings. The average Bonchev–Trinajstić information content (AvgIpc) is 3.53. The molecule has 0 saturated heterocycles. The van der Waals surface area contributed by atoms with Gasteiger partial charge < -0.3 is 20.3 Å². The first-order valence-electron chi connectivity index (χ1n) is 11.3. The third-order valence-corrected chi connectivity index (χ3v) is 6.43. The molecule has 3 amide bonds. The monoisotopic (exact) mass is 469 g/mol. The van der Waals surface area contributed by atoms with Crippen LogP contribution < -0.4 is 15.4 Å². The molecule has 1 aromatic carbocycles. The summed E-state index contributed by atoms with van der Waals surface area (Å²) in [5, 5.41) is 7.58. The Kier molecular flexibility index (Phi) is 9.06. The fourth-order valence-corrected chi connectivity index (χ4v) is 4.68. The number of thiophene rings is 1. The molecule has 1 aromatic heterocycles. The van der Waals surface area contributed by atoms with Gasteiger partial charge in [-0.05, 0) is 37.3 Å². The van der Waals surface area contributed by atoms with Gasteiger partial charge in [0.1, 0.15) is 11.8 Å². The highest BCUT2D eigenvalue weighted by molar-refractivity contribution is 7.12. The van der Waals surface area contributed by atoms with Gasteiger partial charge in [-0.25, -0.2) is 0 Å². The van der Waals surface area contributed by atoms with E-state index in [1.54, 1.807) is 35.7 Å². The van der Waals surface area contributed by atoms with Crippen molar-refractivity contribution in [1.29, 1.82) is 0 Å². The Morgan fingerprint density at radius 2 is 1.97 bits per heavy atom. The molecule has 7 nitrogen and oxygen atoms in total. The second-order valence-electron chi connectivity index (χ2n) is 7.86. The number of rotatable bonds is 11. The van der Waals surface area contributed by atoms with Crippen LogP contribution in [0.25, 0.3) is 0 Å². The molecule has 1 saturated carbocycles. The second kappa shape index (κ2) is 12.2. The molecule has 0 radical (unpaired) electrons. The molecule has 3 rings (SSSR count). The third kappa shape index (κ3) is 6.44. The first-order valence-corrected chi connectivity index (χ1v) is 12.2. The number of nitrogens with one attached hydrogen (secondary N) is 2. The molecule has 8 heteroatoms. The average molecular weight is 470 g/mol. The molecule has 1 fully saturated rings. The van der Waals surface area contributed by atoms with Crippen molar-refractivity contribution in [3.05, 3.63) is 64.9 Å². The Hall–Kier alpha value is -3.13. The zero-order chi connectivity index (χ0) is 23.6. The van der Waals surface area contributed by atoms with Gasteiger partial charge in [0.05, 0.1) is 18.0 Å². The maximum Gasteiger partial charge on any atom is 0.261 e. The summed E-state index contributed by atoms with van der Waals surface area (Å²) in [5.74, 6) is -0.402. The predicted molar refractivity (Wildman–Crippen MR) is 129 cm³/mol. The number of carbonyl (C=O) groups excluding carboxylic acids is 3. The Morgan fingerprint density at radius 1 is 1.21 bits per heavy atom. The van der Waals surface area contributed by atoms with Crippen molar-refractivity contribution in [3.8, 4) is 5.75 Å². The normalized spacial score (nSPS) is 14.3. The third-order valence-electron chi connectivity index (χ3n) is 5.57. The van der Waals surface area contributed by atoms with Gasteiger partial charge in [0.2, 0.25) is 11.8 Å². The van der Waals surface area contributed by atoms with E-state index in [4.69, 9.17) is 4.74 Å². The van der Waals surface area contributed by atoms with E-state index in [-0.39, 0.29) is 36.9 Å². The number of carbonyl (C=O) groups is 3. The minimum Gasteiger partial charge on any atom is -0.494 e. The molecule has 0 bridgehead atoms. The highest BCUT2D eigenvalue weighted by Crippen LogP contribution is 2.31. The molecule has 176 valence electrons. The van der Waals surface area contributed by atoms with E-state index in [1.807, 2.05) is 19.1 Å². The fraction of sp³-hybridized carbons (Fsp3) is 0.400. The second-order valence-corrected chi connectivity index (χ2v) is 8.81. The van der Waals surface area contributed by atoms with Gasteiger partial charge >= 0.3 is 0 Å². The molecule has 0 unspecified atom stereocenters. The molecule has 0 aliphatic heterocycles.